The van der Waals surface area contributed by atoms with Gasteiger partial charge in [-0.25, -0.2) is 0 Å². The molecule has 6 unspecified atom stereocenters. The summed E-state index contributed by atoms with van der Waals surface area (Å²) < 4.78 is 0. The molecule has 0 spiro atoms. The highest BCUT2D eigenvalue weighted by Crippen LogP contribution is 2.53. The molecule has 0 heterocycles. The van der Waals surface area contributed by atoms with Gasteiger partial charge < -0.3 is 20.4 Å². The third-order valence-electron chi connectivity index (χ3n) is 5.55. The van der Waals surface area contributed by atoms with Crippen molar-refractivity contribution in [1.29, 1.82) is 0 Å². The van der Waals surface area contributed by atoms with Crippen LogP contribution in [-0.4, -0.2) is 43.3 Å². The minimum atomic E-state index is -1.01. The molecule has 2 fully saturated rings. The van der Waals surface area contributed by atoms with Gasteiger partial charge in [0.05, 0.1) is 22.9 Å². The van der Waals surface area contributed by atoms with Crippen molar-refractivity contribution >= 4 is 0 Å². The van der Waals surface area contributed by atoms with Gasteiger partial charge in [0.1, 0.15) is 0 Å². The molecule has 6 atom stereocenters. The van der Waals surface area contributed by atoms with E-state index in [2.05, 4.69) is 0 Å². The van der Waals surface area contributed by atoms with Crippen molar-refractivity contribution in [3.63, 3.8) is 0 Å². The Kier molecular flexibility index (Phi) is 3.54. The van der Waals surface area contributed by atoms with Crippen LogP contribution in [0.15, 0.2) is 0 Å². The van der Waals surface area contributed by atoms with Gasteiger partial charge in [-0.15, -0.1) is 0 Å². The van der Waals surface area contributed by atoms with E-state index in [-0.39, 0.29) is 24.2 Å². The summed E-state index contributed by atoms with van der Waals surface area (Å²) >= 11 is 0. The fraction of sp³-hybridized carbons (Fsp3) is 1.00. The first-order valence-corrected chi connectivity index (χ1v) is 7.30. The van der Waals surface area contributed by atoms with Gasteiger partial charge in [0, 0.05) is 12.3 Å². The van der Waals surface area contributed by atoms with Crippen LogP contribution in [0.4, 0.5) is 0 Å². The second-order valence-electron chi connectivity index (χ2n) is 7.73. The maximum absolute atomic E-state index is 10.7. The average molecular weight is 272 g/mol. The van der Waals surface area contributed by atoms with E-state index in [0.29, 0.717) is 12.8 Å². The second-order valence-corrected chi connectivity index (χ2v) is 7.73. The van der Waals surface area contributed by atoms with Gasteiger partial charge in [-0.05, 0) is 58.8 Å². The first-order chi connectivity index (χ1) is 8.45. The Morgan fingerprint density at radius 1 is 1.05 bits per heavy atom. The van der Waals surface area contributed by atoms with Crippen LogP contribution in [-0.2, 0) is 0 Å². The third-order valence-corrected chi connectivity index (χ3v) is 5.55. The SMILES string of the molecule is CC(C)(O)C1CC2C(CCC2(C)O)C(C)(O)CC1O. The molecule has 2 aliphatic carbocycles. The van der Waals surface area contributed by atoms with Crippen molar-refractivity contribution < 1.29 is 20.4 Å². The van der Waals surface area contributed by atoms with E-state index in [4.69, 9.17) is 0 Å². The van der Waals surface area contributed by atoms with Crippen molar-refractivity contribution in [3.8, 4) is 0 Å². The molecule has 4 heteroatoms. The fourth-order valence-electron chi connectivity index (χ4n) is 4.34. The van der Waals surface area contributed by atoms with Crippen molar-refractivity contribution in [2.24, 2.45) is 17.8 Å². The Labute approximate surface area is 115 Å². The van der Waals surface area contributed by atoms with E-state index in [1.54, 1.807) is 20.8 Å². The van der Waals surface area contributed by atoms with Crippen LogP contribution in [0.25, 0.3) is 0 Å². The van der Waals surface area contributed by atoms with Gasteiger partial charge in [-0.1, -0.05) is 0 Å². The fourth-order valence-corrected chi connectivity index (χ4v) is 4.34. The smallest absolute Gasteiger partial charge is 0.0676 e. The molecule has 0 aromatic rings. The number of rotatable bonds is 1. The monoisotopic (exact) mass is 272 g/mol. The Hall–Kier alpha value is -0.160. The number of fused-ring (bicyclic) bond motifs is 1. The first kappa shape index (κ1) is 15.2. The molecular formula is C15H28O4. The lowest BCUT2D eigenvalue weighted by Crippen LogP contribution is -2.42. The molecule has 0 radical (unpaired) electrons. The molecule has 2 saturated carbocycles. The molecule has 0 saturated heterocycles. The summed E-state index contributed by atoms with van der Waals surface area (Å²) in [6.07, 6.45) is 1.52. The molecule has 2 aliphatic rings. The molecule has 0 aromatic carbocycles. The predicted molar refractivity (Wildman–Crippen MR) is 72.5 cm³/mol. The van der Waals surface area contributed by atoms with Crippen LogP contribution in [0.2, 0.25) is 0 Å². The van der Waals surface area contributed by atoms with Crippen molar-refractivity contribution in [2.45, 2.75) is 76.3 Å². The topological polar surface area (TPSA) is 80.9 Å². The summed E-state index contributed by atoms with van der Waals surface area (Å²) in [7, 11) is 0. The molecule has 4 nitrogen and oxygen atoms in total. The minimum absolute atomic E-state index is 0.00972. The highest BCUT2D eigenvalue weighted by Gasteiger charge is 2.56. The molecule has 0 aliphatic heterocycles. The molecule has 0 bridgehead atoms. The normalized spacial score (nSPS) is 51.8. The molecule has 112 valence electrons. The molecular weight excluding hydrogens is 244 g/mol. The molecule has 19 heavy (non-hydrogen) atoms. The zero-order chi connectivity index (χ0) is 14.6. The zero-order valence-corrected chi connectivity index (χ0v) is 12.4. The molecule has 0 aromatic heterocycles. The summed E-state index contributed by atoms with van der Waals surface area (Å²) in [4.78, 5) is 0. The van der Waals surface area contributed by atoms with Gasteiger partial charge in [0.2, 0.25) is 0 Å². The Morgan fingerprint density at radius 2 is 1.63 bits per heavy atom. The molecule has 4 N–H and O–H groups in total. The van der Waals surface area contributed by atoms with Gasteiger partial charge in [0.25, 0.3) is 0 Å². The zero-order valence-electron chi connectivity index (χ0n) is 12.4. The lowest BCUT2D eigenvalue weighted by Gasteiger charge is -2.37. The van der Waals surface area contributed by atoms with Crippen LogP contribution >= 0.6 is 0 Å². The largest absolute Gasteiger partial charge is 0.393 e. The van der Waals surface area contributed by atoms with Gasteiger partial charge in [-0.3, -0.25) is 0 Å². The Balaban J connectivity index is 2.36. The standard InChI is InChI=1S/C15H28O4/c1-13(2,17)11-7-10-9(5-6-14(10,3)18)15(4,19)8-12(11)16/h9-12,16-19H,5-8H2,1-4H3. The number of hydrogen-bond acceptors (Lipinski definition) is 4. The maximum Gasteiger partial charge on any atom is 0.0676 e. The minimum Gasteiger partial charge on any atom is -0.393 e. The van der Waals surface area contributed by atoms with Crippen LogP contribution in [0, 0.1) is 17.8 Å². The van der Waals surface area contributed by atoms with E-state index >= 15 is 0 Å². The van der Waals surface area contributed by atoms with E-state index < -0.39 is 22.9 Å². The van der Waals surface area contributed by atoms with Crippen molar-refractivity contribution in [1.82, 2.24) is 0 Å². The van der Waals surface area contributed by atoms with Crippen molar-refractivity contribution in [2.75, 3.05) is 0 Å². The average Bonchev–Trinajstić information content (AvgIpc) is 2.41. The molecule has 2 rings (SSSR count). The summed E-state index contributed by atoms with van der Waals surface area (Å²) in [5, 5.41) is 41.8. The van der Waals surface area contributed by atoms with Crippen LogP contribution in [0.5, 0.6) is 0 Å². The Bertz CT molecular complexity index is 343. The van der Waals surface area contributed by atoms with Crippen LogP contribution < -0.4 is 0 Å². The second kappa shape index (κ2) is 4.42. The van der Waals surface area contributed by atoms with E-state index in [0.717, 1.165) is 6.42 Å². The maximum atomic E-state index is 10.7. The van der Waals surface area contributed by atoms with E-state index in [1.807, 2.05) is 6.92 Å². The lowest BCUT2D eigenvalue weighted by atomic mass is 9.74. The van der Waals surface area contributed by atoms with Gasteiger partial charge in [-0.2, -0.15) is 0 Å². The quantitative estimate of drug-likeness (QED) is 0.575. The number of aliphatic hydroxyl groups excluding tert-OH is 1. The van der Waals surface area contributed by atoms with Crippen LogP contribution in [0.1, 0.15) is 53.4 Å². The third kappa shape index (κ3) is 2.68. The summed E-state index contributed by atoms with van der Waals surface area (Å²) in [5.74, 6) is -0.404. The van der Waals surface area contributed by atoms with E-state index in [1.165, 1.54) is 0 Å². The van der Waals surface area contributed by atoms with Crippen molar-refractivity contribution in [3.05, 3.63) is 0 Å². The van der Waals surface area contributed by atoms with Gasteiger partial charge in [0.15, 0.2) is 0 Å². The highest BCUT2D eigenvalue weighted by atomic mass is 16.3. The highest BCUT2D eigenvalue weighted by molar-refractivity contribution is 5.06. The summed E-state index contributed by atoms with van der Waals surface area (Å²) in [6, 6.07) is 0. The lowest BCUT2D eigenvalue weighted by molar-refractivity contribution is -0.0756. The van der Waals surface area contributed by atoms with Crippen LogP contribution in [0.3, 0.4) is 0 Å². The van der Waals surface area contributed by atoms with Gasteiger partial charge >= 0.3 is 0 Å². The predicted octanol–water partition coefficient (Wildman–Crippen LogP) is 1.06. The number of hydrogen-bond donors (Lipinski definition) is 4. The molecule has 0 amide bonds. The number of aliphatic hydroxyl groups is 4. The Morgan fingerprint density at radius 3 is 2.16 bits per heavy atom. The summed E-state index contributed by atoms with van der Waals surface area (Å²) in [6.45, 7) is 6.95. The summed E-state index contributed by atoms with van der Waals surface area (Å²) in [5.41, 5.74) is -2.81. The van der Waals surface area contributed by atoms with E-state index in [9.17, 15) is 20.4 Å². The first-order valence-electron chi connectivity index (χ1n) is 7.30.